The first-order chi connectivity index (χ1) is 22.0. The highest BCUT2D eigenvalue weighted by molar-refractivity contribution is 6.00. The number of allylic oxidation sites excluding steroid dienone is 2. The quantitative estimate of drug-likeness (QED) is 0.256. The summed E-state index contributed by atoms with van der Waals surface area (Å²) in [6.45, 7) is 7.81. The molecule has 0 radical (unpaired) electrons. The molecule has 4 heterocycles. The van der Waals surface area contributed by atoms with Gasteiger partial charge in [0.1, 0.15) is 11.6 Å². The number of carboxylic acid groups (broad SMARTS) is 1. The summed E-state index contributed by atoms with van der Waals surface area (Å²) in [6, 6.07) is 7.09. The molecule has 5 rings (SSSR count). The van der Waals surface area contributed by atoms with Crippen LogP contribution < -0.4 is 20.7 Å². The van der Waals surface area contributed by atoms with E-state index in [2.05, 4.69) is 62.6 Å². The maximum Gasteiger partial charge on any atom is 0.407 e. The van der Waals surface area contributed by atoms with Crippen molar-refractivity contribution >= 4 is 29.2 Å². The molecule has 12 nitrogen and oxygen atoms in total. The van der Waals surface area contributed by atoms with Gasteiger partial charge in [0.2, 0.25) is 0 Å². The molecule has 46 heavy (non-hydrogen) atoms. The number of hydrogen-bond acceptors (Lipinski definition) is 9. The van der Waals surface area contributed by atoms with Gasteiger partial charge in [-0.1, -0.05) is 18.2 Å². The molecule has 0 atom stereocenters. The lowest BCUT2D eigenvalue weighted by molar-refractivity contribution is 0.0963. The number of hydrogen-bond donors (Lipinski definition) is 4. The van der Waals surface area contributed by atoms with E-state index in [0.29, 0.717) is 60.1 Å². The van der Waals surface area contributed by atoms with E-state index in [-0.39, 0.29) is 17.3 Å². The number of aromatic nitrogens is 3. The predicted octanol–water partition coefficient (Wildman–Crippen LogP) is 5.39. The molecule has 3 aromatic rings. The number of rotatable bonds is 8. The van der Waals surface area contributed by atoms with Gasteiger partial charge in [0.25, 0.3) is 5.91 Å². The van der Waals surface area contributed by atoms with E-state index in [9.17, 15) is 19.1 Å². The molecule has 4 N–H and O–H groups in total. The third-order valence-electron chi connectivity index (χ3n) is 7.75. The Morgan fingerprint density at radius 2 is 1.78 bits per heavy atom. The monoisotopic (exact) mass is 628 g/mol. The smallest absolute Gasteiger partial charge is 0.407 e. The van der Waals surface area contributed by atoms with Crippen LogP contribution in [0.15, 0.2) is 78.1 Å². The molecule has 0 aliphatic carbocycles. The lowest BCUT2D eigenvalue weighted by Gasteiger charge is -2.42. The van der Waals surface area contributed by atoms with E-state index < -0.39 is 11.9 Å². The van der Waals surface area contributed by atoms with Crippen LogP contribution in [-0.2, 0) is 0 Å². The van der Waals surface area contributed by atoms with Crippen LogP contribution in [0.1, 0.15) is 37.6 Å². The summed E-state index contributed by atoms with van der Waals surface area (Å²) < 4.78 is 19.2. The zero-order valence-corrected chi connectivity index (χ0v) is 26.4. The number of carbonyl (C=O) groups excluding carboxylic acids is 1. The van der Waals surface area contributed by atoms with E-state index in [1.54, 1.807) is 31.3 Å². The van der Waals surface area contributed by atoms with Gasteiger partial charge in [0.15, 0.2) is 17.4 Å². The molecule has 2 aromatic heterocycles. The van der Waals surface area contributed by atoms with E-state index >= 15 is 0 Å². The van der Waals surface area contributed by atoms with Crippen molar-refractivity contribution in [2.45, 2.75) is 32.7 Å². The van der Waals surface area contributed by atoms with Crippen molar-refractivity contribution in [2.24, 2.45) is 0 Å². The average molecular weight is 629 g/mol. The number of anilines is 3. The number of pyridine rings is 1. The lowest BCUT2D eigenvalue weighted by atomic mass is 9.94. The van der Waals surface area contributed by atoms with Crippen molar-refractivity contribution in [1.82, 2.24) is 30.1 Å². The minimum absolute atomic E-state index is 0.264. The lowest BCUT2D eigenvalue weighted by Crippen LogP contribution is -2.45. The minimum Gasteiger partial charge on any atom is -0.494 e. The second kappa shape index (κ2) is 13.3. The Morgan fingerprint density at radius 1 is 1.02 bits per heavy atom. The van der Waals surface area contributed by atoms with Gasteiger partial charge < -0.3 is 35.6 Å². The SMILES string of the molecule is CNC(=O)c1cnc(NC2=CC=C(C3=CCN(C(=O)O)CC3)CN2C(C)(C)C)cc1Nc1cccc(-c2ncc(F)cn2)c1OC. The second-order valence-corrected chi connectivity index (χ2v) is 11.8. The molecule has 0 saturated heterocycles. The van der Waals surface area contributed by atoms with Crippen LogP contribution in [0.4, 0.5) is 26.4 Å². The molecule has 0 unspecified atom stereocenters. The zero-order chi connectivity index (χ0) is 33.0. The van der Waals surface area contributed by atoms with Crippen LogP contribution in [0, 0.1) is 5.82 Å². The number of ether oxygens (including phenoxy) is 1. The first-order valence-corrected chi connectivity index (χ1v) is 14.8. The summed E-state index contributed by atoms with van der Waals surface area (Å²) in [5, 5.41) is 18.7. The van der Waals surface area contributed by atoms with Crippen molar-refractivity contribution < 1.29 is 23.8 Å². The van der Waals surface area contributed by atoms with Crippen LogP contribution in [-0.4, -0.2) is 81.2 Å². The fourth-order valence-electron chi connectivity index (χ4n) is 5.33. The summed E-state index contributed by atoms with van der Waals surface area (Å²) in [7, 11) is 3.06. The van der Waals surface area contributed by atoms with E-state index in [0.717, 1.165) is 29.4 Å². The number of nitrogens with one attached hydrogen (secondary N) is 3. The molecule has 13 heteroatoms. The van der Waals surface area contributed by atoms with Crippen molar-refractivity contribution in [3.05, 3.63) is 89.4 Å². The van der Waals surface area contributed by atoms with Crippen LogP contribution >= 0.6 is 0 Å². The Bertz CT molecular complexity index is 1730. The van der Waals surface area contributed by atoms with Gasteiger partial charge in [-0.3, -0.25) is 4.79 Å². The first-order valence-electron chi connectivity index (χ1n) is 14.8. The Morgan fingerprint density at radius 3 is 2.41 bits per heavy atom. The number of nitrogens with zero attached hydrogens (tertiary/aromatic N) is 5. The molecule has 2 aliphatic heterocycles. The molecule has 2 amide bonds. The number of methoxy groups -OCH3 is 1. The summed E-state index contributed by atoms with van der Waals surface area (Å²) in [6.07, 6.45) is 9.45. The summed E-state index contributed by atoms with van der Waals surface area (Å²) >= 11 is 0. The standard InChI is InChI=1S/C33H37FN8O4/c1-33(2,3)42-19-21(20-11-13-41(14-12-20)32(44)45)9-10-28(42)40-27-15-26(24(18-36-27)31(43)35-4)39-25-8-6-7-23(29(25)46-5)30-37-16-22(34)17-38-30/h6-11,15-18H,12-14,19H2,1-5H3,(H,35,43)(H,44,45)(H2,36,39,40). The van der Waals surface area contributed by atoms with E-state index in [1.807, 2.05) is 12.2 Å². The van der Waals surface area contributed by atoms with E-state index in [4.69, 9.17) is 4.74 Å². The van der Waals surface area contributed by atoms with Crippen LogP contribution in [0.25, 0.3) is 11.4 Å². The molecule has 0 fully saturated rings. The van der Waals surface area contributed by atoms with Gasteiger partial charge in [0.05, 0.1) is 42.0 Å². The molecule has 2 aliphatic rings. The molecule has 1 aromatic carbocycles. The maximum atomic E-state index is 13.5. The number of halogens is 1. The molecule has 0 bridgehead atoms. The zero-order valence-electron chi connectivity index (χ0n) is 26.4. The Kier molecular flexibility index (Phi) is 9.21. The van der Waals surface area contributed by atoms with Crippen LogP contribution in [0.2, 0.25) is 0 Å². The van der Waals surface area contributed by atoms with Crippen molar-refractivity contribution in [3.63, 3.8) is 0 Å². The Balaban J connectivity index is 1.47. The highest BCUT2D eigenvalue weighted by atomic mass is 19.1. The number of para-hydroxylation sites is 1. The second-order valence-electron chi connectivity index (χ2n) is 11.8. The van der Waals surface area contributed by atoms with Gasteiger partial charge >= 0.3 is 6.09 Å². The third-order valence-corrected chi connectivity index (χ3v) is 7.75. The van der Waals surface area contributed by atoms with Gasteiger partial charge in [-0.2, -0.15) is 0 Å². The predicted molar refractivity (Wildman–Crippen MR) is 173 cm³/mol. The minimum atomic E-state index is -0.910. The molecule has 0 spiro atoms. The van der Waals surface area contributed by atoms with Gasteiger partial charge in [-0.05, 0) is 56.5 Å². The highest BCUT2D eigenvalue weighted by Crippen LogP contribution is 2.38. The van der Waals surface area contributed by atoms with Crippen LogP contribution in [0.3, 0.4) is 0 Å². The fourth-order valence-corrected chi connectivity index (χ4v) is 5.33. The van der Waals surface area contributed by atoms with Gasteiger partial charge in [0, 0.05) is 44.5 Å². The normalized spacial score (nSPS) is 15.0. The molecule has 0 saturated carbocycles. The van der Waals surface area contributed by atoms with Crippen molar-refractivity contribution in [2.75, 3.05) is 44.4 Å². The number of benzene rings is 1. The highest BCUT2D eigenvalue weighted by Gasteiger charge is 2.29. The molecular weight excluding hydrogens is 591 g/mol. The van der Waals surface area contributed by atoms with Gasteiger partial charge in [-0.25, -0.2) is 24.1 Å². The average Bonchev–Trinajstić information content (AvgIpc) is 3.04. The summed E-state index contributed by atoms with van der Waals surface area (Å²) in [5.74, 6) is 1.14. The number of carbonyl (C=O) groups is 2. The Hall–Kier alpha value is -5.46. The first kappa shape index (κ1) is 31.9. The number of amides is 2. The molecular formula is C33H37FN8O4. The van der Waals surface area contributed by atoms with Crippen LogP contribution in [0.5, 0.6) is 5.75 Å². The van der Waals surface area contributed by atoms with Gasteiger partial charge in [-0.15, -0.1) is 0 Å². The fraction of sp³-hybridized carbons (Fsp3) is 0.303. The summed E-state index contributed by atoms with van der Waals surface area (Å²) in [4.78, 5) is 40.6. The van der Waals surface area contributed by atoms with Crippen molar-refractivity contribution in [3.8, 4) is 17.1 Å². The summed E-state index contributed by atoms with van der Waals surface area (Å²) in [5.41, 5.74) is 3.87. The van der Waals surface area contributed by atoms with Crippen molar-refractivity contribution in [1.29, 1.82) is 0 Å². The third kappa shape index (κ3) is 6.93. The molecule has 240 valence electrons. The van der Waals surface area contributed by atoms with E-state index in [1.165, 1.54) is 18.2 Å². The maximum absolute atomic E-state index is 13.5. The topological polar surface area (TPSA) is 145 Å². The Labute approximate surface area is 266 Å². The largest absolute Gasteiger partial charge is 0.494 e.